The lowest BCUT2D eigenvalue weighted by Crippen LogP contribution is -2.36. The van der Waals surface area contributed by atoms with Gasteiger partial charge in [-0.05, 0) is 31.4 Å². The summed E-state index contributed by atoms with van der Waals surface area (Å²) in [6.07, 6.45) is 0.873. The van der Waals surface area contributed by atoms with E-state index in [9.17, 15) is 9.18 Å². The molecule has 1 aromatic rings. The van der Waals surface area contributed by atoms with Crippen molar-refractivity contribution in [2.75, 3.05) is 11.9 Å². The molecule has 0 spiro atoms. The lowest BCUT2D eigenvalue weighted by Gasteiger charge is -2.19. The second kappa shape index (κ2) is 7.12. The van der Waals surface area contributed by atoms with E-state index in [0.717, 1.165) is 6.42 Å². The van der Waals surface area contributed by atoms with Crippen LogP contribution in [0.5, 0.6) is 0 Å². The van der Waals surface area contributed by atoms with Gasteiger partial charge in [0.2, 0.25) is 0 Å². The molecule has 0 saturated heterocycles. The molecule has 106 valence electrons. The van der Waals surface area contributed by atoms with E-state index in [0.29, 0.717) is 18.0 Å². The fourth-order valence-electron chi connectivity index (χ4n) is 1.59. The maximum atomic E-state index is 13.8. The molecule has 0 fully saturated rings. The van der Waals surface area contributed by atoms with Gasteiger partial charge in [-0.1, -0.05) is 26.8 Å². The van der Waals surface area contributed by atoms with Gasteiger partial charge in [-0.2, -0.15) is 0 Å². The summed E-state index contributed by atoms with van der Waals surface area (Å²) in [5.41, 5.74) is 0.652. The van der Waals surface area contributed by atoms with Crippen molar-refractivity contribution in [2.45, 2.75) is 40.2 Å². The highest BCUT2D eigenvalue weighted by Gasteiger charge is 2.17. The van der Waals surface area contributed by atoms with Crippen molar-refractivity contribution >= 4 is 11.6 Å². The normalized spacial score (nSPS) is 12.3. The van der Waals surface area contributed by atoms with E-state index in [1.165, 1.54) is 6.07 Å². The second-order valence-corrected chi connectivity index (χ2v) is 5.10. The van der Waals surface area contributed by atoms with E-state index < -0.39 is 5.82 Å². The maximum absolute atomic E-state index is 13.8. The molecule has 0 aliphatic heterocycles. The molecule has 0 aliphatic rings. The van der Waals surface area contributed by atoms with Crippen molar-refractivity contribution in [3.05, 3.63) is 29.6 Å². The van der Waals surface area contributed by atoms with Crippen LogP contribution in [0.1, 0.15) is 44.5 Å². The first-order chi connectivity index (χ1) is 8.97. The van der Waals surface area contributed by atoms with Gasteiger partial charge in [-0.3, -0.25) is 4.79 Å². The predicted molar refractivity (Wildman–Crippen MR) is 76.9 cm³/mol. The van der Waals surface area contributed by atoms with E-state index >= 15 is 0 Å². The Hall–Kier alpha value is -1.58. The number of carbonyl (C=O) groups is 1. The van der Waals surface area contributed by atoms with Crippen LogP contribution < -0.4 is 10.6 Å². The number of anilines is 1. The largest absolute Gasteiger partial charge is 0.382 e. The minimum Gasteiger partial charge on any atom is -0.382 e. The first-order valence-corrected chi connectivity index (χ1v) is 6.80. The zero-order chi connectivity index (χ0) is 14.4. The zero-order valence-electron chi connectivity index (χ0n) is 12.1. The monoisotopic (exact) mass is 266 g/mol. The van der Waals surface area contributed by atoms with Gasteiger partial charge in [-0.15, -0.1) is 0 Å². The zero-order valence-corrected chi connectivity index (χ0v) is 12.1. The molecule has 19 heavy (non-hydrogen) atoms. The van der Waals surface area contributed by atoms with Crippen molar-refractivity contribution in [1.82, 2.24) is 5.32 Å². The van der Waals surface area contributed by atoms with Crippen LogP contribution in [0, 0.1) is 11.7 Å². The number of nitrogens with one attached hydrogen (secondary N) is 2. The summed E-state index contributed by atoms with van der Waals surface area (Å²) in [6, 6.07) is 4.61. The molecule has 2 N–H and O–H groups in total. The van der Waals surface area contributed by atoms with Crippen LogP contribution in [0.15, 0.2) is 18.2 Å². The number of benzene rings is 1. The molecule has 1 unspecified atom stereocenters. The number of hydrogen-bond donors (Lipinski definition) is 2. The molecule has 1 amide bonds. The van der Waals surface area contributed by atoms with Gasteiger partial charge in [0.05, 0.1) is 11.3 Å². The van der Waals surface area contributed by atoms with Crippen LogP contribution in [-0.4, -0.2) is 18.5 Å². The fourth-order valence-corrected chi connectivity index (χ4v) is 1.59. The third kappa shape index (κ3) is 4.23. The molecule has 1 atom stereocenters. The summed E-state index contributed by atoms with van der Waals surface area (Å²) in [5.74, 6) is -0.290. The summed E-state index contributed by atoms with van der Waals surface area (Å²) in [7, 11) is 0. The summed E-state index contributed by atoms with van der Waals surface area (Å²) in [6.45, 7) is 8.65. The third-order valence-corrected chi connectivity index (χ3v) is 3.17. The van der Waals surface area contributed by atoms with Crippen molar-refractivity contribution in [1.29, 1.82) is 0 Å². The Labute approximate surface area is 114 Å². The van der Waals surface area contributed by atoms with Crippen molar-refractivity contribution < 1.29 is 9.18 Å². The molecule has 1 rings (SSSR count). The van der Waals surface area contributed by atoms with E-state index in [4.69, 9.17) is 0 Å². The number of carbonyl (C=O) groups excluding carboxylic acids is 1. The fraction of sp³-hybridized carbons (Fsp3) is 0.533. The number of amides is 1. The van der Waals surface area contributed by atoms with Crippen molar-refractivity contribution in [3.63, 3.8) is 0 Å². The lowest BCUT2D eigenvalue weighted by molar-refractivity contribution is 0.0931. The van der Waals surface area contributed by atoms with Gasteiger partial charge >= 0.3 is 0 Å². The SMILES string of the molecule is CCCNc1c(F)cccc1C(=O)NC(C)C(C)C. The van der Waals surface area contributed by atoms with E-state index in [-0.39, 0.29) is 17.6 Å². The van der Waals surface area contributed by atoms with Gasteiger partial charge < -0.3 is 10.6 Å². The van der Waals surface area contributed by atoms with Crippen LogP contribution in [0.3, 0.4) is 0 Å². The highest BCUT2D eigenvalue weighted by Crippen LogP contribution is 2.20. The molecule has 3 nitrogen and oxygen atoms in total. The molecule has 0 heterocycles. The Bertz CT molecular complexity index is 432. The van der Waals surface area contributed by atoms with Gasteiger partial charge in [0, 0.05) is 12.6 Å². The summed E-state index contributed by atoms with van der Waals surface area (Å²) in [4.78, 5) is 12.2. The number of hydrogen-bond acceptors (Lipinski definition) is 2. The highest BCUT2D eigenvalue weighted by molar-refractivity contribution is 5.99. The number of para-hydroxylation sites is 1. The second-order valence-electron chi connectivity index (χ2n) is 5.10. The van der Waals surface area contributed by atoms with E-state index in [1.807, 2.05) is 27.7 Å². The Morgan fingerprint density at radius 2 is 2.00 bits per heavy atom. The van der Waals surface area contributed by atoms with Crippen molar-refractivity contribution in [2.24, 2.45) is 5.92 Å². The Morgan fingerprint density at radius 1 is 1.32 bits per heavy atom. The first-order valence-electron chi connectivity index (χ1n) is 6.80. The average Bonchev–Trinajstić information content (AvgIpc) is 2.36. The topological polar surface area (TPSA) is 41.1 Å². The smallest absolute Gasteiger partial charge is 0.253 e. The summed E-state index contributed by atoms with van der Waals surface area (Å²) < 4.78 is 13.8. The van der Waals surface area contributed by atoms with Crippen LogP contribution in [0.2, 0.25) is 0 Å². The van der Waals surface area contributed by atoms with Gasteiger partial charge in [-0.25, -0.2) is 4.39 Å². The summed E-state index contributed by atoms with van der Waals surface area (Å²) >= 11 is 0. The van der Waals surface area contributed by atoms with Gasteiger partial charge in [0.15, 0.2) is 0 Å². The lowest BCUT2D eigenvalue weighted by atomic mass is 10.1. The van der Waals surface area contributed by atoms with Gasteiger partial charge in [0.1, 0.15) is 5.82 Å². The standard InChI is InChI=1S/C15H23FN2O/c1-5-9-17-14-12(7-6-8-13(14)16)15(19)18-11(4)10(2)3/h6-8,10-11,17H,5,9H2,1-4H3,(H,18,19). The molecule has 0 radical (unpaired) electrons. The Morgan fingerprint density at radius 3 is 2.58 bits per heavy atom. The molecule has 0 aliphatic carbocycles. The Kier molecular flexibility index (Phi) is 5.80. The van der Waals surface area contributed by atoms with Gasteiger partial charge in [0.25, 0.3) is 5.91 Å². The molecular weight excluding hydrogens is 243 g/mol. The van der Waals surface area contributed by atoms with Crippen LogP contribution >= 0.6 is 0 Å². The number of rotatable bonds is 6. The minimum atomic E-state index is -0.390. The predicted octanol–water partition coefficient (Wildman–Crippen LogP) is 3.42. The molecule has 0 bridgehead atoms. The van der Waals surface area contributed by atoms with Crippen LogP contribution in [-0.2, 0) is 0 Å². The highest BCUT2D eigenvalue weighted by atomic mass is 19.1. The molecular formula is C15H23FN2O. The molecule has 0 aromatic heterocycles. The molecule has 1 aromatic carbocycles. The Balaban J connectivity index is 2.92. The number of halogens is 1. The maximum Gasteiger partial charge on any atom is 0.253 e. The average molecular weight is 266 g/mol. The van der Waals surface area contributed by atoms with Crippen molar-refractivity contribution in [3.8, 4) is 0 Å². The third-order valence-electron chi connectivity index (χ3n) is 3.17. The molecule has 0 saturated carbocycles. The quantitative estimate of drug-likeness (QED) is 0.828. The van der Waals surface area contributed by atoms with E-state index in [2.05, 4.69) is 10.6 Å². The van der Waals surface area contributed by atoms with Crippen LogP contribution in [0.4, 0.5) is 10.1 Å². The first kappa shape index (κ1) is 15.5. The molecule has 4 heteroatoms. The summed E-state index contributed by atoms with van der Waals surface area (Å²) in [5, 5.41) is 5.87. The minimum absolute atomic E-state index is 0.0507. The van der Waals surface area contributed by atoms with E-state index in [1.54, 1.807) is 12.1 Å². The van der Waals surface area contributed by atoms with Crippen LogP contribution in [0.25, 0.3) is 0 Å².